The Morgan fingerprint density at radius 1 is 1.43 bits per heavy atom. The number of carbonyl (C=O) groups excluding carboxylic acids is 1. The van der Waals surface area contributed by atoms with Crippen molar-refractivity contribution in [3.05, 3.63) is 0 Å². The van der Waals surface area contributed by atoms with Crippen LogP contribution in [0.4, 0.5) is 0 Å². The summed E-state index contributed by atoms with van der Waals surface area (Å²) >= 11 is 5.72. The van der Waals surface area contributed by atoms with Crippen molar-refractivity contribution in [3.63, 3.8) is 0 Å². The highest BCUT2D eigenvalue weighted by atomic mass is 35.5. The third-order valence-corrected chi connectivity index (χ3v) is 3.92. The molecule has 80 valence electrons. The lowest BCUT2D eigenvalue weighted by Gasteiger charge is -2.22. The molecule has 3 heteroatoms. The number of alkyl halides is 1. The van der Waals surface area contributed by atoms with Crippen molar-refractivity contribution in [3.8, 4) is 0 Å². The molecule has 0 radical (unpaired) electrons. The van der Waals surface area contributed by atoms with Crippen LogP contribution >= 0.6 is 11.6 Å². The van der Waals surface area contributed by atoms with E-state index in [0.29, 0.717) is 11.5 Å². The largest absolute Gasteiger partial charge is 0.352 e. The predicted octanol–water partition coefficient (Wildman–Crippen LogP) is 2.45. The third-order valence-electron chi connectivity index (χ3n) is 3.72. The first kappa shape index (κ1) is 10.3. The van der Waals surface area contributed by atoms with Gasteiger partial charge in [-0.3, -0.25) is 4.79 Å². The molecule has 2 saturated carbocycles. The van der Waals surface area contributed by atoms with E-state index in [1.165, 1.54) is 38.5 Å². The number of hydrogen-bond acceptors (Lipinski definition) is 1. The summed E-state index contributed by atoms with van der Waals surface area (Å²) in [5.41, 5.74) is 0.472. The number of rotatable bonds is 2. The number of carbonyl (C=O) groups is 1. The van der Waals surface area contributed by atoms with Crippen LogP contribution in [0.3, 0.4) is 0 Å². The summed E-state index contributed by atoms with van der Waals surface area (Å²) in [6, 6.07) is 0.427. The van der Waals surface area contributed by atoms with Crippen molar-refractivity contribution in [1.82, 2.24) is 5.32 Å². The lowest BCUT2D eigenvalue weighted by atomic mass is 9.86. The zero-order valence-corrected chi connectivity index (χ0v) is 9.44. The molecule has 0 aromatic rings. The second kappa shape index (κ2) is 3.73. The summed E-state index contributed by atoms with van der Waals surface area (Å²) in [5, 5.41) is 2.65. The van der Waals surface area contributed by atoms with E-state index in [9.17, 15) is 4.79 Å². The summed E-state index contributed by atoms with van der Waals surface area (Å²) in [7, 11) is 0. The molecule has 2 rings (SSSR count). The van der Waals surface area contributed by atoms with Gasteiger partial charge in [-0.1, -0.05) is 19.3 Å². The van der Waals surface area contributed by atoms with E-state index in [0.717, 1.165) is 0 Å². The van der Waals surface area contributed by atoms with Gasteiger partial charge in [0.25, 0.3) is 0 Å². The van der Waals surface area contributed by atoms with Crippen molar-refractivity contribution < 1.29 is 4.79 Å². The summed E-state index contributed by atoms with van der Waals surface area (Å²) in [6.45, 7) is 1.73. The summed E-state index contributed by atoms with van der Waals surface area (Å²) < 4.78 is 0. The van der Waals surface area contributed by atoms with Gasteiger partial charge in [0.2, 0.25) is 5.91 Å². The van der Waals surface area contributed by atoms with E-state index in [2.05, 4.69) is 5.32 Å². The second-order valence-electron chi connectivity index (χ2n) is 4.80. The van der Waals surface area contributed by atoms with Crippen LogP contribution in [0.15, 0.2) is 0 Å². The average molecular weight is 216 g/mol. The SMILES string of the molecule is CC(Cl)C(=O)NC1CC12CCCCC2. The first-order valence-corrected chi connectivity index (χ1v) is 6.02. The minimum absolute atomic E-state index is 0.000819. The predicted molar refractivity (Wildman–Crippen MR) is 57.4 cm³/mol. The number of halogens is 1. The maximum atomic E-state index is 11.4. The smallest absolute Gasteiger partial charge is 0.238 e. The zero-order chi connectivity index (χ0) is 10.2. The molecule has 2 aliphatic rings. The molecule has 14 heavy (non-hydrogen) atoms. The molecule has 2 nitrogen and oxygen atoms in total. The van der Waals surface area contributed by atoms with E-state index in [4.69, 9.17) is 11.6 Å². The Morgan fingerprint density at radius 2 is 2.07 bits per heavy atom. The molecule has 0 heterocycles. The van der Waals surface area contributed by atoms with Crippen LogP contribution in [0.5, 0.6) is 0 Å². The van der Waals surface area contributed by atoms with Gasteiger partial charge in [0.1, 0.15) is 5.38 Å². The molecule has 1 spiro atoms. The Kier molecular flexibility index (Phi) is 2.74. The van der Waals surface area contributed by atoms with Crippen LogP contribution in [-0.2, 0) is 4.79 Å². The summed E-state index contributed by atoms with van der Waals surface area (Å²) in [6.07, 6.45) is 7.82. The lowest BCUT2D eigenvalue weighted by molar-refractivity contribution is -0.120. The van der Waals surface area contributed by atoms with Crippen molar-refractivity contribution >= 4 is 17.5 Å². The molecule has 2 unspecified atom stereocenters. The van der Waals surface area contributed by atoms with E-state index in [1.54, 1.807) is 6.92 Å². The first-order chi connectivity index (χ1) is 6.64. The van der Waals surface area contributed by atoms with Crippen molar-refractivity contribution in [2.45, 2.75) is 56.9 Å². The first-order valence-electron chi connectivity index (χ1n) is 5.58. The maximum absolute atomic E-state index is 11.4. The molecular formula is C11H18ClNO. The van der Waals surface area contributed by atoms with Gasteiger partial charge < -0.3 is 5.32 Å². The molecule has 1 amide bonds. The zero-order valence-electron chi connectivity index (χ0n) is 8.68. The standard InChI is InChI=1S/C11H18ClNO/c1-8(12)10(14)13-9-7-11(9)5-3-2-4-6-11/h8-9H,2-7H2,1H3,(H,13,14). The Balaban J connectivity index is 1.83. The van der Waals surface area contributed by atoms with Crippen molar-refractivity contribution in [1.29, 1.82) is 0 Å². The van der Waals surface area contributed by atoms with Gasteiger partial charge in [-0.2, -0.15) is 0 Å². The third kappa shape index (κ3) is 1.90. The number of amides is 1. The van der Waals surface area contributed by atoms with Crippen LogP contribution in [0.25, 0.3) is 0 Å². The highest BCUT2D eigenvalue weighted by Gasteiger charge is 2.54. The average Bonchev–Trinajstić information content (AvgIpc) is 2.79. The van der Waals surface area contributed by atoms with Gasteiger partial charge in [-0.15, -0.1) is 11.6 Å². The van der Waals surface area contributed by atoms with Crippen LogP contribution in [0.1, 0.15) is 45.4 Å². The normalized spacial score (nSPS) is 31.1. The quantitative estimate of drug-likeness (QED) is 0.705. The van der Waals surface area contributed by atoms with E-state index >= 15 is 0 Å². The van der Waals surface area contributed by atoms with Crippen molar-refractivity contribution in [2.24, 2.45) is 5.41 Å². The van der Waals surface area contributed by atoms with Crippen molar-refractivity contribution in [2.75, 3.05) is 0 Å². The molecule has 2 atom stereocenters. The topological polar surface area (TPSA) is 29.1 Å². The second-order valence-corrected chi connectivity index (χ2v) is 5.46. The van der Waals surface area contributed by atoms with Crippen LogP contribution < -0.4 is 5.32 Å². The van der Waals surface area contributed by atoms with Crippen LogP contribution in [-0.4, -0.2) is 17.3 Å². The van der Waals surface area contributed by atoms with Gasteiger partial charge >= 0.3 is 0 Å². The fourth-order valence-corrected chi connectivity index (χ4v) is 2.71. The Bertz CT molecular complexity index is 233. The fraction of sp³-hybridized carbons (Fsp3) is 0.909. The number of nitrogens with one attached hydrogen (secondary N) is 1. The van der Waals surface area contributed by atoms with E-state index < -0.39 is 5.38 Å². The van der Waals surface area contributed by atoms with E-state index in [1.807, 2.05) is 0 Å². The maximum Gasteiger partial charge on any atom is 0.238 e. The highest BCUT2D eigenvalue weighted by Crippen LogP contribution is 2.56. The molecule has 0 aromatic carbocycles. The van der Waals surface area contributed by atoms with Gasteiger partial charge in [0, 0.05) is 6.04 Å². The Labute approximate surface area is 90.4 Å². The molecule has 0 bridgehead atoms. The molecule has 2 aliphatic carbocycles. The monoisotopic (exact) mass is 215 g/mol. The van der Waals surface area contributed by atoms with E-state index in [-0.39, 0.29) is 5.91 Å². The summed E-state index contributed by atoms with van der Waals surface area (Å²) in [4.78, 5) is 11.4. The molecule has 0 aromatic heterocycles. The molecule has 1 N–H and O–H groups in total. The minimum Gasteiger partial charge on any atom is -0.352 e. The molecular weight excluding hydrogens is 198 g/mol. The van der Waals surface area contributed by atoms with Gasteiger partial charge in [-0.05, 0) is 31.6 Å². The summed E-state index contributed by atoms with van der Waals surface area (Å²) in [5.74, 6) is -0.000819. The minimum atomic E-state index is -0.392. The molecule has 0 aliphatic heterocycles. The lowest BCUT2D eigenvalue weighted by Crippen LogP contribution is -2.34. The van der Waals surface area contributed by atoms with Gasteiger partial charge in [0.05, 0.1) is 0 Å². The molecule has 2 fully saturated rings. The molecule has 0 saturated heterocycles. The van der Waals surface area contributed by atoms with Gasteiger partial charge in [0.15, 0.2) is 0 Å². The van der Waals surface area contributed by atoms with Crippen LogP contribution in [0, 0.1) is 5.41 Å². The Hall–Kier alpha value is -0.240. The highest BCUT2D eigenvalue weighted by molar-refractivity contribution is 6.30. The number of hydrogen-bond donors (Lipinski definition) is 1. The van der Waals surface area contributed by atoms with Crippen LogP contribution in [0.2, 0.25) is 0 Å². The Morgan fingerprint density at radius 3 is 2.64 bits per heavy atom. The fourth-order valence-electron chi connectivity index (χ4n) is 2.65. The van der Waals surface area contributed by atoms with Gasteiger partial charge in [-0.25, -0.2) is 0 Å².